The van der Waals surface area contributed by atoms with Gasteiger partial charge in [0.15, 0.2) is 6.04 Å². The molecule has 1 atom stereocenters. The summed E-state index contributed by atoms with van der Waals surface area (Å²) in [6.45, 7) is 0.112. The van der Waals surface area contributed by atoms with Gasteiger partial charge in [0.1, 0.15) is 18.1 Å². The SMILES string of the molecule is CN1C(=O)[C@@H](n2nc3c(c2C(N)=O)CCCC3)COc2ccccc21. The minimum Gasteiger partial charge on any atom is -0.489 e. The maximum atomic E-state index is 13.0. The molecule has 0 unspecified atom stereocenters. The fourth-order valence-electron chi connectivity index (χ4n) is 3.67. The summed E-state index contributed by atoms with van der Waals surface area (Å²) in [4.78, 5) is 26.7. The number of benzene rings is 1. The number of carbonyl (C=O) groups is 2. The molecule has 2 N–H and O–H groups in total. The van der Waals surface area contributed by atoms with Crippen molar-refractivity contribution in [1.29, 1.82) is 0 Å². The Hall–Kier alpha value is -2.83. The summed E-state index contributed by atoms with van der Waals surface area (Å²) in [6, 6.07) is 6.65. The Morgan fingerprint density at radius 3 is 2.84 bits per heavy atom. The first-order chi connectivity index (χ1) is 12.1. The van der Waals surface area contributed by atoms with E-state index in [4.69, 9.17) is 10.5 Å². The van der Waals surface area contributed by atoms with Crippen molar-refractivity contribution in [3.8, 4) is 5.75 Å². The van der Waals surface area contributed by atoms with Crippen LogP contribution in [0.25, 0.3) is 0 Å². The van der Waals surface area contributed by atoms with Crippen LogP contribution < -0.4 is 15.4 Å². The summed E-state index contributed by atoms with van der Waals surface area (Å²) in [5, 5.41) is 4.57. The first kappa shape index (κ1) is 15.7. The minimum atomic E-state index is -0.717. The molecule has 1 aliphatic heterocycles. The van der Waals surface area contributed by atoms with Crippen LogP contribution in [0.2, 0.25) is 0 Å². The number of likely N-dealkylation sites (N-methyl/N-ethyl adjacent to an activating group) is 1. The number of aryl methyl sites for hydroxylation is 1. The number of anilines is 1. The monoisotopic (exact) mass is 340 g/mol. The average Bonchev–Trinajstić information content (AvgIpc) is 2.95. The van der Waals surface area contributed by atoms with Gasteiger partial charge in [-0.1, -0.05) is 12.1 Å². The molecule has 130 valence electrons. The number of ether oxygens (including phenoxy) is 1. The van der Waals surface area contributed by atoms with Gasteiger partial charge in [-0.15, -0.1) is 0 Å². The lowest BCUT2D eigenvalue weighted by molar-refractivity contribution is -0.122. The van der Waals surface area contributed by atoms with Crippen molar-refractivity contribution in [3.63, 3.8) is 0 Å². The molecule has 2 aliphatic rings. The highest BCUT2D eigenvalue weighted by molar-refractivity contribution is 5.99. The number of amides is 2. The zero-order chi connectivity index (χ0) is 17.6. The number of hydrogen-bond donors (Lipinski definition) is 1. The maximum absolute atomic E-state index is 13.0. The molecule has 2 heterocycles. The summed E-state index contributed by atoms with van der Waals surface area (Å²) in [5.41, 5.74) is 8.43. The molecule has 7 nitrogen and oxygen atoms in total. The Morgan fingerprint density at radius 2 is 2.04 bits per heavy atom. The van der Waals surface area contributed by atoms with Crippen molar-refractivity contribution in [2.45, 2.75) is 31.7 Å². The van der Waals surface area contributed by atoms with E-state index >= 15 is 0 Å². The molecule has 0 radical (unpaired) electrons. The molecule has 4 rings (SSSR count). The van der Waals surface area contributed by atoms with Gasteiger partial charge in [0.05, 0.1) is 11.4 Å². The quantitative estimate of drug-likeness (QED) is 0.896. The summed E-state index contributed by atoms with van der Waals surface area (Å²) in [5.74, 6) is -0.0847. The van der Waals surface area contributed by atoms with Crippen LogP contribution in [-0.4, -0.2) is 35.2 Å². The lowest BCUT2D eigenvalue weighted by Crippen LogP contribution is -2.37. The fourth-order valence-corrected chi connectivity index (χ4v) is 3.67. The summed E-state index contributed by atoms with van der Waals surface area (Å²) >= 11 is 0. The van der Waals surface area contributed by atoms with Crippen molar-refractivity contribution in [2.24, 2.45) is 5.73 Å². The van der Waals surface area contributed by atoms with E-state index in [-0.39, 0.29) is 12.5 Å². The normalized spacial score (nSPS) is 19.6. The van der Waals surface area contributed by atoms with E-state index in [0.717, 1.165) is 36.9 Å². The molecule has 1 aromatic carbocycles. The third kappa shape index (κ3) is 2.47. The van der Waals surface area contributed by atoms with Gasteiger partial charge in [-0.2, -0.15) is 5.10 Å². The Labute approximate surface area is 145 Å². The van der Waals surface area contributed by atoms with Gasteiger partial charge in [0, 0.05) is 12.6 Å². The lowest BCUT2D eigenvalue weighted by atomic mass is 9.95. The van der Waals surface area contributed by atoms with E-state index in [0.29, 0.717) is 17.1 Å². The van der Waals surface area contributed by atoms with E-state index in [2.05, 4.69) is 5.10 Å². The number of primary amides is 1. The van der Waals surface area contributed by atoms with Crippen LogP contribution in [0.15, 0.2) is 24.3 Å². The number of fused-ring (bicyclic) bond motifs is 2. The molecule has 1 aliphatic carbocycles. The van der Waals surface area contributed by atoms with E-state index < -0.39 is 11.9 Å². The van der Waals surface area contributed by atoms with E-state index in [1.807, 2.05) is 24.3 Å². The van der Waals surface area contributed by atoms with Gasteiger partial charge in [-0.25, -0.2) is 4.68 Å². The highest BCUT2D eigenvalue weighted by Gasteiger charge is 2.35. The maximum Gasteiger partial charge on any atom is 0.267 e. The smallest absolute Gasteiger partial charge is 0.267 e. The fraction of sp³-hybridized carbons (Fsp3) is 0.389. The van der Waals surface area contributed by atoms with Crippen molar-refractivity contribution >= 4 is 17.5 Å². The highest BCUT2D eigenvalue weighted by atomic mass is 16.5. The van der Waals surface area contributed by atoms with Crippen molar-refractivity contribution < 1.29 is 14.3 Å². The van der Waals surface area contributed by atoms with Crippen LogP contribution in [0.3, 0.4) is 0 Å². The largest absolute Gasteiger partial charge is 0.489 e. The van der Waals surface area contributed by atoms with Gasteiger partial charge < -0.3 is 15.4 Å². The highest BCUT2D eigenvalue weighted by Crippen LogP contribution is 2.34. The summed E-state index contributed by atoms with van der Waals surface area (Å²) < 4.78 is 7.34. The van der Waals surface area contributed by atoms with Gasteiger partial charge in [0.2, 0.25) is 0 Å². The predicted molar refractivity (Wildman–Crippen MR) is 91.8 cm³/mol. The minimum absolute atomic E-state index is 0.112. The first-order valence-corrected chi connectivity index (χ1v) is 8.47. The molecule has 0 spiro atoms. The van der Waals surface area contributed by atoms with Crippen LogP contribution >= 0.6 is 0 Å². The zero-order valence-electron chi connectivity index (χ0n) is 14.1. The number of aromatic nitrogens is 2. The second-order valence-electron chi connectivity index (χ2n) is 6.48. The molecular formula is C18H20N4O3. The molecule has 2 amide bonds. The Balaban J connectivity index is 1.79. The van der Waals surface area contributed by atoms with Crippen molar-refractivity contribution in [1.82, 2.24) is 9.78 Å². The predicted octanol–water partition coefficient (Wildman–Crippen LogP) is 1.46. The van der Waals surface area contributed by atoms with Crippen LogP contribution in [-0.2, 0) is 17.6 Å². The van der Waals surface area contributed by atoms with Gasteiger partial charge in [-0.3, -0.25) is 9.59 Å². The Morgan fingerprint density at radius 1 is 1.28 bits per heavy atom. The molecule has 2 aromatic rings. The lowest BCUT2D eigenvalue weighted by Gasteiger charge is -2.21. The van der Waals surface area contributed by atoms with E-state index in [9.17, 15) is 9.59 Å². The first-order valence-electron chi connectivity index (χ1n) is 8.47. The van der Waals surface area contributed by atoms with E-state index in [1.165, 1.54) is 4.68 Å². The molecule has 1 aromatic heterocycles. The van der Waals surface area contributed by atoms with E-state index in [1.54, 1.807) is 11.9 Å². The van der Waals surface area contributed by atoms with Crippen molar-refractivity contribution in [3.05, 3.63) is 41.2 Å². The van der Waals surface area contributed by atoms with Crippen molar-refractivity contribution in [2.75, 3.05) is 18.6 Å². The van der Waals surface area contributed by atoms with Gasteiger partial charge in [-0.05, 0) is 37.8 Å². The second-order valence-corrected chi connectivity index (χ2v) is 6.48. The number of hydrogen-bond acceptors (Lipinski definition) is 4. The van der Waals surface area contributed by atoms with Crippen LogP contribution in [0.5, 0.6) is 5.75 Å². The molecule has 0 bridgehead atoms. The zero-order valence-corrected chi connectivity index (χ0v) is 14.1. The Bertz CT molecular complexity index is 858. The molecule has 0 fully saturated rings. The molecular weight excluding hydrogens is 320 g/mol. The van der Waals surface area contributed by atoms with Crippen LogP contribution in [0.4, 0.5) is 5.69 Å². The van der Waals surface area contributed by atoms with Gasteiger partial charge >= 0.3 is 0 Å². The summed E-state index contributed by atoms with van der Waals surface area (Å²) in [6.07, 6.45) is 3.61. The van der Waals surface area contributed by atoms with Crippen LogP contribution in [0, 0.1) is 0 Å². The number of para-hydroxylation sites is 2. The summed E-state index contributed by atoms with van der Waals surface area (Å²) in [7, 11) is 1.70. The Kier molecular flexibility index (Phi) is 3.71. The second kappa shape index (κ2) is 5.91. The molecule has 0 saturated heterocycles. The number of nitrogens with two attached hydrogens (primary N) is 1. The number of rotatable bonds is 2. The van der Waals surface area contributed by atoms with Crippen LogP contribution in [0.1, 0.15) is 40.6 Å². The number of carbonyl (C=O) groups excluding carboxylic acids is 2. The molecule has 0 saturated carbocycles. The molecule has 25 heavy (non-hydrogen) atoms. The third-order valence-electron chi connectivity index (χ3n) is 4.95. The average molecular weight is 340 g/mol. The third-order valence-corrected chi connectivity index (χ3v) is 4.95. The topological polar surface area (TPSA) is 90.5 Å². The van der Waals surface area contributed by atoms with Gasteiger partial charge in [0.25, 0.3) is 11.8 Å². The molecule has 7 heteroatoms. The standard InChI is InChI=1S/C18H20N4O3/c1-21-13-8-4-5-9-15(13)25-10-14(18(21)24)22-16(17(19)23)11-6-2-3-7-12(11)20-22/h4-5,8-9,14H,2-3,6-7,10H2,1H3,(H2,19,23)/t14-/m0/s1. The number of nitrogens with zero attached hydrogens (tertiary/aromatic N) is 3.